The molecule has 2 aromatic rings. The first-order chi connectivity index (χ1) is 12.6. The normalized spacial score (nSPS) is 10.2. The quantitative estimate of drug-likeness (QED) is 0.558. The maximum Gasteiger partial charge on any atom is 0.341 e. The molecule has 0 atom stereocenters. The van der Waals surface area contributed by atoms with Crippen LogP contribution in [0.5, 0.6) is 0 Å². The fraction of sp³-hybridized carbons (Fsp3) is 0.278. The van der Waals surface area contributed by atoms with Crippen molar-refractivity contribution in [3.63, 3.8) is 0 Å². The van der Waals surface area contributed by atoms with Crippen LogP contribution in [0.25, 0.3) is 0 Å². The average molecular weight is 377 g/mol. The molecule has 0 unspecified atom stereocenters. The number of amides is 1. The summed E-state index contributed by atoms with van der Waals surface area (Å²) < 4.78 is 14.6. The lowest BCUT2D eigenvalue weighted by Gasteiger charge is -2.09. The Morgan fingerprint density at radius 2 is 1.85 bits per heavy atom. The predicted octanol–water partition coefficient (Wildman–Crippen LogP) is 2.65. The first-order valence-corrected chi connectivity index (χ1v) is 8.77. The number of hydrogen-bond donors (Lipinski definition) is 1. The number of furan rings is 1. The van der Waals surface area contributed by atoms with Crippen molar-refractivity contribution in [3.8, 4) is 0 Å². The van der Waals surface area contributed by atoms with Crippen LogP contribution in [-0.2, 0) is 20.0 Å². The van der Waals surface area contributed by atoms with Gasteiger partial charge in [0.05, 0.1) is 38.2 Å². The molecule has 0 saturated carbocycles. The predicted molar refractivity (Wildman–Crippen MR) is 95.0 cm³/mol. The third-order valence-electron chi connectivity index (χ3n) is 3.48. The van der Waals surface area contributed by atoms with E-state index in [1.54, 1.807) is 24.3 Å². The van der Waals surface area contributed by atoms with Crippen LogP contribution in [0.15, 0.2) is 45.9 Å². The van der Waals surface area contributed by atoms with Crippen LogP contribution in [0.4, 0.5) is 0 Å². The number of benzene rings is 1. The summed E-state index contributed by atoms with van der Waals surface area (Å²) in [7, 11) is 2.60. The van der Waals surface area contributed by atoms with Crippen molar-refractivity contribution in [2.24, 2.45) is 0 Å². The highest BCUT2D eigenvalue weighted by Crippen LogP contribution is 2.28. The van der Waals surface area contributed by atoms with Gasteiger partial charge in [-0.2, -0.15) is 0 Å². The van der Waals surface area contributed by atoms with E-state index < -0.39 is 5.97 Å². The molecule has 26 heavy (non-hydrogen) atoms. The van der Waals surface area contributed by atoms with Crippen LogP contribution in [0.2, 0.25) is 0 Å². The van der Waals surface area contributed by atoms with Gasteiger partial charge in [0.15, 0.2) is 0 Å². The second-order valence-corrected chi connectivity index (χ2v) is 6.13. The highest BCUT2D eigenvalue weighted by molar-refractivity contribution is 7.98. The molecule has 1 aromatic carbocycles. The van der Waals surface area contributed by atoms with Gasteiger partial charge in [-0.05, 0) is 18.2 Å². The Morgan fingerprint density at radius 1 is 1.08 bits per heavy atom. The first kappa shape index (κ1) is 19.6. The number of carbonyl (C=O) groups excluding carboxylic acids is 3. The van der Waals surface area contributed by atoms with E-state index in [-0.39, 0.29) is 24.8 Å². The van der Waals surface area contributed by atoms with Gasteiger partial charge in [-0.15, -0.1) is 11.8 Å². The number of carbonyl (C=O) groups is 3. The van der Waals surface area contributed by atoms with Crippen molar-refractivity contribution < 1.29 is 28.3 Å². The van der Waals surface area contributed by atoms with Gasteiger partial charge in [-0.25, -0.2) is 4.79 Å². The number of methoxy groups -OCH3 is 2. The highest BCUT2D eigenvalue weighted by atomic mass is 32.2. The van der Waals surface area contributed by atoms with Crippen molar-refractivity contribution in [2.45, 2.75) is 17.1 Å². The topological polar surface area (TPSA) is 94.8 Å². The molecule has 1 amide bonds. The summed E-state index contributed by atoms with van der Waals surface area (Å²) in [6.07, 6.45) is 1.53. The molecule has 8 heteroatoms. The molecule has 7 nitrogen and oxygen atoms in total. The van der Waals surface area contributed by atoms with Gasteiger partial charge in [0.1, 0.15) is 11.3 Å². The lowest BCUT2D eigenvalue weighted by atomic mass is 10.2. The zero-order chi connectivity index (χ0) is 18.9. The fourth-order valence-corrected chi connectivity index (χ4v) is 3.14. The first-order valence-electron chi connectivity index (χ1n) is 7.78. The molecule has 0 spiro atoms. The molecular formula is C18H19NO6S. The number of ether oxygens (including phenoxy) is 2. The van der Waals surface area contributed by atoms with E-state index in [9.17, 15) is 14.4 Å². The molecule has 0 bridgehead atoms. The summed E-state index contributed by atoms with van der Waals surface area (Å²) in [6, 6.07) is 8.62. The molecule has 0 aliphatic rings. The number of nitrogens with one attached hydrogen (secondary N) is 1. The summed E-state index contributed by atoms with van der Waals surface area (Å²) in [6.45, 7) is 0.190. The SMILES string of the molecule is COC(=O)CCNC(=O)c1ccccc1SCc1occc1C(=O)OC. The van der Waals surface area contributed by atoms with E-state index in [1.807, 2.05) is 6.07 Å². The Hall–Kier alpha value is -2.74. The zero-order valence-electron chi connectivity index (χ0n) is 14.4. The number of esters is 2. The molecule has 138 valence electrons. The molecule has 0 radical (unpaired) electrons. The molecule has 2 rings (SSSR count). The number of rotatable bonds is 8. The van der Waals surface area contributed by atoms with E-state index in [0.717, 1.165) is 4.90 Å². The molecular weight excluding hydrogens is 358 g/mol. The van der Waals surface area contributed by atoms with Crippen molar-refractivity contribution in [3.05, 3.63) is 53.5 Å². The molecule has 0 saturated heterocycles. The van der Waals surface area contributed by atoms with E-state index in [1.165, 1.54) is 32.2 Å². The number of thioether (sulfide) groups is 1. The lowest BCUT2D eigenvalue weighted by Crippen LogP contribution is -2.26. The summed E-state index contributed by atoms with van der Waals surface area (Å²) in [5.41, 5.74) is 0.841. The molecule has 1 N–H and O–H groups in total. The van der Waals surface area contributed by atoms with Gasteiger partial charge < -0.3 is 19.2 Å². The molecule has 1 heterocycles. The summed E-state index contributed by atoms with van der Waals surface area (Å²) >= 11 is 1.37. The minimum atomic E-state index is -0.469. The van der Waals surface area contributed by atoms with E-state index >= 15 is 0 Å². The molecule has 0 aliphatic carbocycles. The van der Waals surface area contributed by atoms with Crippen molar-refractivity contribution in [1.82, 2.24) is 5.32 Å². The monoisotopic (exact) mass is 377 g/mol. The zero-order valence-corrected chi connectivity index (χ0v) is 15.3. The smallest absolute Gasteiger partial charge is 0.341 e. The van der Waals surface area contributed by atoms with Gasteiger partial charge in [-0.1, -0.05) is 12.1 Å². The van der Waals surface area contributed by atoms with E-state index in [4.69, 9.17) is 9.15 Å². The van der Waals surface area contributed by atoms with Crippen LogP contribution in [0, 0.1) is 0 Å². The Morgan fingerprint density at radius 3 is 2.58 bits per heavy atom. The molecule has 1 aromatic heterocycles. The summed E-state index contributed by atoms with van der Waals surface area (Å²) in [5.74, 6) is -0.305. The maximum absolute atomic E-state index is 12.3. The van der Waals surface area contributed by atoms with E-state index in [2.05, 4.69) is 10.1 Å². The fourth-order valence-electron chi connectivity index (χ4n) is 2.14. The Balaban J connectivity index is 2.03. The van der Waals surface area contributed by atoms with Crippen LogP contribution >= 0.6 is 11.8 Å². The lowest BCUT2D eigenvalue weighted by molar-refractivity contribution is -0.140. The Bertz CT molecular complexity index is 785. The largest absolute Gasteiger partial charge is 0.469 e. The van der Waals surface area contributed by atoms with Crippen molar-refractivity contribution >= 4 is 29.6 Å². The molecule has 0 fully saturated rings. The second-order valence-electron chi connectivity index (χ2n) is 5.12. The minimum Gasteiger partial charge on any atom is -0.469 e. The second kappa shape index (κ2) is 9.67. The average Bonchev–Trinajstić information content (AvgIpc) is 3.14. The maximum atomic E-state index is 12.3. The third kappa shape index (κ3) is 5.13. The van der Waals surface area contributed by atoms with Crippen LogP contribution in [0.3, 0.4) is 0 Å². The van der Waals surface area contributed by atoms with Crippen molar-refractivity contribution in [2.75, 3.05) is 20.8 Å². The van der Waals surface area contributed by atoms with Crippen LogP contribution < -0.4 is 5.32 Å². The Labute approximate surface area is 155 Å². The standard InChI is InChI=1S/C18H19NO6S/c1-23-16(20)7-9-19-17(21)13-5-3-4-6-15(13)26-11-14-12(8-10-25-14)18(22)24-2/h3-6,8,10H,7,9,11H2,1-2H3,(H,19,21). The van der Waals surface area contributed by atoms with Gasteiger partial charge >= 0.3 is 11.9 Å². The van der Waals surface area contributed by atoms with Crippen LogP contribution in [0.1, 0.15) is 32.9 Å². The van der Waals surface area contributed by atoms with Crippen LogP contribution in [-0.4, -0.2) is 38.6 Å². The van der Waals surface area contributed by atoms with Gasteiger partial charge in [-0.3, -0.25) is 9.59 Å². The minimum absolute atomic E-state index is 0.104. The van der Waals surface area contributed by atoms with Crippen molar-refractivity contribution in [1.29, 1.82) is 0 Å². The van der Waals surface area contributed by atoms with Gasteiger partial charge in [0, 0.05) is 11.4 Å². The Kier molecular flexibility index (Phi) is 7.28. The summed E-state index contributed by atoms with van der Waals surface area (Å²) in [5, 5.41) is 2.69. The summed E-state index contributed by atoms with van der Waals surface area (Å²) in [4.78, 5) is 35.9. The third-order valence-corrected chi connectivity index (χ3v) is 4.56. The number of hydrogen-bond acceptors (Lipinski definition) is 7. The van der Waals surface area contributed by atoms with E-state index in [0.29, 0.717) is 22.6 Å². The van der Waals surface area contributed by atoms with Gasteiger partial charge in [0.2, 0.25) is 0 Å². The molecule has 0 aliphatic heterocycles. The highest BCUT2D eigenvalue weighted by Gasteiger charge is 2.17. The van der Waals surface area contributed by atoms with Gasteiger partial charge in [0.25, 0.3) is 5.91 Å².